The molecule has 3 aromatic heterocycles. The molecule has 0 aliphatic rings. The average molecular weight is 228 g/mol. The molecule has 7 nitrogen and oxygen atoms in total. The van der Waals surface area contributed by atoms with Crippen molar-refractivity contribution < 1.29 is 4.52 Å². The van der Waals surface area contributed by atoms with Crippen molar-refractivity contribution in [2.24, 2.45) is 0 Å². The zero-order valence-electron chi connectivity index (χ0n) is 8.66. The van der Waals surface area contributed by atoms with Crippen molar-refractivity contribution in [3.63, 3.8) is 0 Å². The fourth-order valence-corrected chi connectivity index (χ4v) is 1.55. The summed E-state index contributed by atoms with van der Waals surface area (Å²) in [5.41, 5.74) is 8.15. The van der Waals surface area contributed by atoms with E-state index in [1.54, 1.807) is 12.4 Å². The monoisotopic (exact) mass is 228 g/mol. The fourth-order valence-electron chi connectivity index (χ4n) is 1.55. The third-order valence-electron chi connectivity index (χ3n) is 2.30. The number of H-pyrrole nitrogens is 1. The van der Waals surface area contributed by atoms with Crippen molar-refractivity contribution in [2.75, 3.05) is 5.73 Å². The fraction of sp³-hybridized carbons (Fsp3) is 0. The largest absolute Gasteiger partial charge is 0.367 e. The molecule has 3 N–H and O–H groups in total. The van der Waals surface area contributed by atoms with Crippen LogP contribution in [0.3, 0.4) is 0 Å². The van der Waals surface area contributed by atoms with Crippen LogP contribution < -0.4 is 5.73 Å². The topological polar surface area (TPSA) is 107 Å². The number of nitrogens with two attached hydrogens (primary N) is 1. The van der Waals surface area contributed by atoms with Crippen LogP contribution in [0.4, 0.5) is 5.88 Å². The van der Waals surface area contributed by atoms with E-state index in [4.69, 9.17) is 10.3 Å². The number of nitrogens with zero attached hydrogens (tertiary/aromatic N) is 4. The Morgan fingerprint density at radius 2 is 2.18 bits per heavy atom. The first-order valence-corrected chi connectivity index (χ1v) is 4.89. The smallest absolute Gasteiger partial charge is 0.232 e. The summed E-state index contributed by atoms with van der Waals surface area (Å²) < 4.78 is 4.98. The highest BCUT2D eigenvalue weighted by Crippen LogP contribution is 2.33. The lowest BCUT2D eigenvalue weighted by molar-refractivity contribution is 0.439. The van der Waals surface area contributed by atoms with E-state index >= 15 is 0 Å². The third-order valence-corrected chi connectivity index (χ3v) is 2.30. The Labute approximate surface area is 95.7 Å². The van der Waals surface area contributed by atoms with Crippen molar-refractivity contribution in [2.45, 2.75) is 0 Å². The predicted octanol–water partition coefficient (Wildman–Crippen LogP) is 1.10. The minimum atomic E-state index is 0.210. The number of nitrogen functional groups attached to an aromatic ring is 1. The number of nitrogens with one attached hydrogen (secondary N) is 1. The van der Waals surface area contributed by atoms with Crippen molar-refractivity contribution in [3.8, 4) is 22.6 Å². The molecule has 0 radical (unpaired) electrons. The molecule has 0 unspecified atom stereocenters. The number of hydrogen-bond acceptors (Lipinski definition) is 6. The molecule has 17 heavy (non-hydrogen) atoms. The van der Waals surface area contributed by atoms with Crippen LogP contribution >= 0.6 is 0 Å². The highest BCUT2D eigenvalue weighted by atomic mass is 16.5. The normalized spacial score (nSPS) is 10.6. The van der Waals surface area contributed by atoms with Gasteiger partial charge < -0.3 is 10.3 Å². The van der Waals surface area contributed by atoms with E-state index in [1.807, 2.05) is 18.2 Å². The van der Waals surface area contributed by atoms with Gasteiger partial charge in [-0.15, -0.1) is 0 Å². The zero-order chi connectivity index (χ0) is 11.7. The zero-order valence-corrected chi connectivity index (χ0v) is 8.66. The number of pyridine rings is 1. The summed E-state index contributed by atoms with van der Waals surface area (Å²) in [5.74, 6) is 0.210. The molecule has 7 heteroatoms. The SMILES string of the molecule is Nc1onc(-c2cn[nH]n2)c1-c1ccccn1. The maximum absolute atomic E-state index is 5.75. The van der Waals surface area contributed by atoms with Crippen LogP contribution in [-0.2, 0) is 0 Å². The molecule has 0 aliphatic carbocycles. The number of aromatic nitrogens is 5. The lowest BCUT2D eigenvalue weighted by Gasteiger charge is -1.98. The van der Waals surface area contributed by atoms with E-state index < -0.39 is 0 Å². The van der Waals surface area contributed by atoms with Gasteiger partial charge in [-0.1, -0.05) is 11.2 Å². The summed E-state index contributed by atoms with van der Waals surface area (Å²) in [4.78, 5) is 4.21. The molecule has 0 aliphatic heterocycles. The van der Waals surface area contributed by atoms with Gasteiger partial charge in [0.1, 0.15) is 11.4 Å². The predicted molar refractivity (Wildman–Crippen MR) is 59.5 cm³/mol. The Morgan fingerprint density at radius 1 is 1.24 bits per heavy atom. The van der Waals surface area contributed by atoms with Crippen LogP contribution in [0.2, 0.25) is 0 Å². The first-order chi connectivity index (χ1) is 8.36. The molecule has 84 valence electrons. The summed E-state index contributed by atoms with van der Waals surface area (Å²) in [6.07, 6.45) is 3.22. The minimum absolute atomic E-state index is 0.210. The highest BCUT2D eigenvalue weighted by molar-refractivity contribution is 5.83. The molecule has 0 fully saturated rings. The molecule has 0 amide bonds. The van der Waals surface area contributed by atoms with Gasteiger partial charge in [-0.2, -0.15) is 15.4 Å². The first-order valence-electron chi connectivity index (χ1n) is 4.89. The van der Waals surface area contributed by atoms with E-state index in [0.717, 1.165) is 0 Å². The van der Waals surface area contributed by atoms with E-state index in [9.17, 15) is 0 Å². The second kappa shape index (κ2) is 3.71. The van der Waals surface area contributed by atoms with Gasteiger partial charge in [-0.05, 0) is 12.1 Å². The number of aromatic amines is 1. The summed E-state index contributed by atoms with van der Waals surface area (Å²) in [5, 5.41) is 14.1. The van der Waals surface area contributed by atoms with Crippen LogP contribution in [0, 0.1) is 0 Å². The quantitative estimate of drug-likeness (QED) is 0.680. The van der Waals surface area contributed by atoms with Gasteiger partial charge in [0.2, 0.25) is 5.88 Å². The Kier molecular flexibility index (Phi) is 2.08. The van der Waals surface area contributed by atoms with Crippen LogP contribution in [0.5, 0.6) is 0 Å². The molecule has 3 aromatic rings. The summed E-state index contributed by atoms with van der Waals surface area (Å²) >= 11 is 0. The van der Waals surface area contributed by atoms with E-state index in [1.165, 1.54) is 0 Å². The van der Waals surface area contributed by atoms with Crippen LogP contribution in [0.25, 0.3) is 22.6 Å². The summed E-state index contributed by atoms with van der Waals surface area (Å²) in [7, 11) is 0. The maximum Gasteiger partial charge on any atom is 0.232 e. The highest BCUT2D eigenvalue weighted by Gasteiger charge is 2.19. The van der Waals surface area contributed by atoms with Crippen molar-refractivity contribution in [3.05, 3.63) is 30.6 Å². The summed E-state index contributed by atoms with van der Waals surface area (Å²) in [6, 6.07) is 5.51. The van der Waals surface area contributed by atoms with Crippen LogP contribution in [-0.4, -0.2) is 25.6 Å². The molecule has 3 rings (SSSR count). The second-order valence-corrected chi connectivity index (χ2v) is 3.34. The Morgan fingerprint density at radius 3 is 2.88 bits per heavy atom. The second-order valence-electron chi connectivity index (χ2n) is 3.34. The molecular weight excluding hydrogens is 220 g/mol. The Bertz CT molecular complexity index is 616. The molecular formula is C10H8N6O. The van der Waals surface area contributed by atoms with Gasteiger partial charge in [0.15, 0.2) is 0 Å². The van der Waals surface area contributed by atoms with Gasteiger partial charge in [-0.3, -0.25) is 4.98 Å². The average Bonchev–Trinajstić information content (AvgIpc) is 2.98. The standard InChI is InChI=1S/C10H8N6O/c11-10-8(6-3-1-2-4-12-6)9(15-17-10)7-5-13-16-14-7/h1-5H,11H2,(H,13,14,16). The van der Waals surface area contributed by atoms with Crippen molar-refractivity contribution in [1.82, 2.24) is 25.6 Å². The van der Waals surface area contributed by atoms with Crippen molar-refractivity contribution >= 4 is 5.88 Å². The van der Waals surface area contributed by atoms with E-state index in [0.29, 0.717) is 22.6 Å². The molecule has 0 saturated heterocycles. The van der Waals surface area contributed by atoms with Gasteiger partial charge in [-0.25, -0.2) is 0 Å². The number of anilines is 1. The molecule has 0 saturated carbocycles. The third kappa shape index (κ3) is 1.53. The van der Waals surface area contributed by atoms with Crippen LogP contribution in [0.1, 0.15) is 0 Å². The van der Waals surface area contributed by atoms with Gasteiger partial charge in [0.25, 0.3) is 0 Å². The Hall–Kier alpha value is -2.70. The molecule has 0 atom stereocenters. The van der Waals surface area contributed by atoms with Gasteiger partial charge >= 0.3 is 0 Å². The lowest BCUT2D eigenvalue weighted by Crippen LogP contribution is -1.90. The summed E-state index contributed by atoms with van der Waals surface area (Å²) in [6.45, 7) is 0. The van der Waals surface area contributed by atoms with E-state index in [2.05, 4.69) is 25.6 Å². The van der Waals surface area contributed by atoms with Crippen molar-refractivity contribution in [1.29, 1.82) is 0 Å². The lowest BCUT2D eigenvalue weighted by atomic mass is 10.1. The molecule has 0 aromatic carbocycles. The van der Waals surface area contributed by atoms with E-state index in [-0.39, 0.29) is 5.88 Å². The minimum Gasteiger partial charge on any atom is -0.367 e. The van der Waals surface area contributed by atoms with Gasteiger partial charge in [0, 0.05) is 6.20 Å². The Balaban J connectivity index is 2.20. The van der Waals surface area contributed by atoms with Crippen LogP contribution in [0.15, 0.2) is 35.1 Å². The number of rotatable bonds is 2. The molecule has 0 spiro atoms. The maximum atomic E-state index is 5.75. The molecule has 0 bridgehead atoms. The first kappa shape index (κ1) is 9.52. The van der Waals surface area contributed by atoms with Gasteiger partial charge in [0.05, 0.1) is 17.5 Å². The molecule has 3 heterocycles. The number of hydrogen-bond donors (Lipinski definition) is 2.